The van der Waals surface area contributed by atoms with Crippen LogP contribution in [0.4, 0.5) is 0 Å². The van der Waals surface area contributed by atoms with E-state index in [0.29, 0.717) is 19.3 Å². The van der Waals surface area contributed by atoms with E-state index in [2.05, 4.69) is 57.2 Å². The first-order valence-corrected chi connectivity index (χ1v) is 22.5. The Morgan fingerprint density at radius 1 is 0.377 bits per heavy atom. The quantitative estimate of drug-likeness (QED) is 0.0269. The van der Waals surface area contributed by atoms with E-state index in [0.717, 1.165) is 89.9 Å². The SMILES string of the molecule is CCCC/C=C\C/C=C\CCCCCCCC(=O)OC(COC(=O)CCCCCCCC)COC(=O)CCCCCCC/C=C\CCCCCCCC. The molecule has 6 heteroatoms. The molecule has 0 bridgehead atoms. The molecule has 0 rings (SSSR count). The van der Waals surface area contributed by atoms with Crippen LogP contribution in [0.1, 0.15) is 226 Å². The summed E-state index contributed by atoms with van der Waals surface area (Å²) in [4.78, 5) is 37.5. The van der Waals surface area contributed by atoms with Crippen LogP contribution in [0.15, 0.2) is 36.5 Å². The molecule has 0 heterocycles. The second kappa shape index (κ2) is 42.4. The molecule has 0 amide bonds. The van der Waals surface area contributed by atoms with Crippen LogP contribution in [0, 0.1) is 0 Å². The van der Waals surface area contributed by atoms with Crippen molar-refractivity contribution in [1.82, 2.24) is 0 Å². The minimum absolute atomic E-state index is 0.0802. The predicted octanol–water partition coefficient (Wildman–Crippen LogP) is 14.2. The molecule has 0 aromatic carbocycles. The van der Waals surface area contributed by atoms with Crippen molar-refractivity contribution in [2.75, 3.05) is 13.2 Å². The van der Waals surface area contributed by atoms with Crippen LogP contribution >= 0.6 is 0 Å². The zero-order chi connectivity index (χ0) is 38.7. The molecule has 0 aliphatic heterocycles. The summed E-state index contributed by atoms with van der Waals surface area (Å²) in [5.74, 6) is -0.912. The average Bonchev–Trinajstić information content (AvgIpc) is 3.15. The summed E-state index contributed by atoms with van der Waals surface area (Å²) in [6, 6.07) is 0. The van der Waals surface area contributed by atoms with Crippen molar-refractivity contribution in [2.45, 2.75) is 232 Å². The Labute approximate surface area is 327 Å². The predicted molar refractivity (Wildman–Crippen MR) is 224 cm³/mol. The molecule has 0 saturated carbocycles. The molecular weight excluding hydrogens is 661 g/mol. The van der Waals surface area contributed by atoms with Gasteiger partial charge in [-0.2, -0.15) is 0 Å². The topological polar surface area (TPSA) is 78.9 Å². The molecule has 53 heavy (non-hydrogen) atoms. The smallest absolute Gasteiger partial charge is 0.306 e. The fourth-order valence-corrected chi connectivity index (χ4v) is 6.16. The number of hydrogen-bond donors (Lipinski definition) is 0. The van der Waals surface area contributed by atoms with Gasteiger partial charge in [0.25, 0.3) is 0 Å². The average molecular weight is 745 g/mol. The van der Waals surface area contributed by atoms with E-state index in [4.69, 9.17) is 14.2 Å². The monoisotopic (exact) mass is 745 g/mol. The van der Waals surface area contributed by atoms with E-state index < -0.39 is 6.10 Å². The van der Waals surface area contributed by atoms with Crippen molar-refractivity contribution in [2.24, 2.45) is 0 Å². The number of rotatable bonds is 40. The summed E-state index contributed by atoms with van der Waals surface area (Å²) < 4.78 is 16.6. The van der Waals surface area contributed by atoms with Gasteiger partial charge in [0, 0.05) is 19.3 Å². The van der Waals surface area contributed by atoms with Crippen LogP contribution in [0.3, 0.4) is 0 Å². The molecule has 308 valence electrons. The van der Waals surface area contributed by atoms with Crippen molar-refractivity contribution in [3.8, 4) is 0 Å². The maximum absolute atomic E-state index is 12.7. The summed E-state index contributed by atoms with van der Waals surface area (Å²) in [6.07, 6.45) is 47.1. The Balaban J connectivity index is 4.30. The highest BCUT2D eigenvalue weighted by Gasteiger charge is 2.19. The van der Waals surface area contributed by atoms with Gasteiger partial charge in [-0.1, -0.05) is 173 Å². The lowest BCUT2D eigenvalue weighted by Crippen LogP contribution is -2.30. The van der Waals surface area contributed by atoms with Gasteiger partial charge in [-0.3, -0.25) is 14.4 Å². The highest BCUT2D eigenvalue weighted by atomic mass is 16.6. The van der Waals surface area contributed by atoms with Crippen molar-refractivity contribution >= 4 is 17.9 Å². The summed E-state index contributed by atoms with van der Waals surface area (Å²) in [7, 11) is 0. The largest absolute Gasteiger partial charge is 0.462 e. The molecule has 1 unspecified atom stereocenters. The lowest BCUT2D eigenvalue weighted by atomic mass is 10.1. The zero-order valence-corrected chi connectivity index (χ0v) is 35.0. The Kier molecular flexibility index (Phi) is 40.5. The third-order valence-electron chi connectivity index (χ3n) is 9.62. The highest BCUT2D eigenvalue weighted by Crippen LogP contribution is 2.13. The van der Waals surface area contributed by atoms with Crippen molar-refractivity contribution in [1.29, 1.82) is 0 Å². The molecule has 0 spiro atoms. The number of ether oxygens (including phenoxy) is 3. The minimum atomic E-state index is -0.776. The number of carbonyl (C=O) groups is 3. The molecule has 0 N–H and O–H groups in total. The first-order valence-electron chi connectivity index (χ1n) is 22.5. The van der Waals surface area contributed by atoms with E-state index in [1.807, 2.05) is 0 Å². The molecule has 0 saturated heterocycles. The molecule has 0 aromatic rings. The van der Waals surface area contributed by atoms with Gasteiger partial charge in [-0.05, 0) is 70.6 Å². The molecule has 1 atom stereocenters. The second-order valence-electron chi connectivity index (χ2n) is 15.0. The number of unbranched alkanes of at least 4 members (excludes halogenated alkanes) is 23. The van der Waals surface area contributed by atoms with Crippen LogP contribution in [-0.4, -0.2) is 37.2 Å². The second-order valence-corrected chi connectivity index (χ2v) is 15.0. The first-order chi connectivity index (χ1) is 26.0. The standard InChI is InChI=1S/C47H84O6/c1-4-7-10-13-16-18-20-22-24-26-27-29-31-34-37-40-46(49)52-43-44(42-51-45(48)39-36-33-15-12-9-6-3)53-47(50)41-38-35-32-30-28-25-23-21-19-17-14-11-8-5-2/h14,17,21-24,44H,4-13,15-16,18-20,25-43H2,1-3H3/b17-14-,23-21-,24-22-. The van der Waals surface area contributed by atoms with Gasteiger partial charge >= 0.3 is 17.9 Å². The van der Waals surface area contributed by atoms with E-state index >= 15 is 0 Å². The van der Waals surface area contributed by atoms with E-state index in [9.17, 15) is 14.4 Å². The van der Waals surface area contributed by atoms with E-state index in [1.165, 1.54) is 96.3 Å². The Hall–Kier alpha value is -2.37. The van der Waals surface area contributed by atoms with Crippen LogP contribution in [0.25, 0.3) is 0 Å². The van der Waals surface area contributed by atoms with Crippen LogP contribution in [0.5, 0.6) is 0 Å². The molecule has 0 radical (unpaired) electrons. The number of hydrogen-bond acceptors (Lipinski definition) is 6. The van der Waals surface area contributed by atoms with Crippen LogP contribution in [-0.2, 0) is 28.6 Å². The summed E-state index contributed by atoms with van der Waals surface area (Å²) in [6.45, 7) is 6.50. The van der Waals surface area contributed by atoms with Gasteiger partial charge in [-0.25, -0.2) is 0 Å². The molecule has 0 aliphatic rings. The highest BCUT2D eigenvalue weighted by molar-refractivity contribution is 5.71. The number of allylic oxidation sites excluding steroid dienone is 6. The van der Waals surface area contributed by atoms with Gasteiger partial charge in [0.05, 0.1) is 0 Å². The van der Waals surface area contributed by atoms with E-state index in [-0.39, 0.29) is 31.1 Å². The van der Waals surface area contributed by atoms with Crippen LogP contribution < -0.4 is 0 Å². The van der Waals surface area contributed by atoms with Crippen molar-refractivity contribution in [3.05, 3.63) is 36.5 Å². The molecule has 6 nitrogen and oxygen atoms in total. The number of carbonyl (C=O) groups excluding carboxylic acids is 3. The van der Waals surface area contributed by atoms with Gasteiger partial charge in [-0.15, -0.1) is 0 Å². The summed E-state index contributed by atoms with van der Waals surface area (Å²) in [5.41, 5.74) is 0. The van der Waals surface area contributed by atoms with Gasteiger partial charge < -0.3 is 14.2 Å². The van der Waals surface area contributed by atoms with Gasteiger partial charge in [0.2, 0.25) is 0 Å². The van der Waals surface area contributed by atoms with Crippen LogP contribution in [0.2, 0.25) is 0 Å². The molecule has 0 aromatic heterocycles. The summed E-state index contributed by atoms with van der Waals surface area (Å²) in [5, 5.41) is 0. The Bertz CT molecular complexity index is 907. The summed E-state index contributed by atoms with van der Waals surface area (Å²) >= 11 is 0. The maximum atomic E-state index is 12.7. The fourth-order valence-electron chi connectivity index (χ4n) is 6.16. The fraction of sp³-hybridized carbons (Fsp3) is 0.809. The van der Waals surface area contributed by atoms with Crippen molar-refractivity contribution in [3.63, 3.8) is 0 Å². The van der Waals surface area contributed by atoms with Gasteiger partial charge in [0.15, 0.2) is 6.10 Å². The van der Waals surface area contributed by atoms with Crippen molar-refractivity contribution < 1.29 is 28.6 Å². The zero-order valence-electron chi connectivity index (χ0n) is 35.0. The Morgan fingerprint density at radius 2 is 0.698 bits per heavy atom. The molecule has 0 aliphatic carbocycles. The molecular formula is C47H84O6. The Morgan fingerprint density at radius 3 is 1.11 bits per heavy atom. The number of esters is 3. The molecule has 0 fully saturated rings. The minimum Gasteiger partial charge on any atom is -0.462 e. The normalized spacial score (nSPS) is 12.3. The lowest BCUT2D eigenvalue weighted by Gasteiger charge is -2.18. The lowest BCUT2D eigenvalue weighted by molar-refractivity contribution is -0.167. The van der Waals surface area contributed by atoms with Gasteiger partial charge in [0.1, 0.15) is 13.2 Å². The maximum Gasteiger partial charge on any atom is 0.306 e. The third kappa shape index (κ3) is 40.6. The third-order valence-corrected chi connectivity index (χ3v) is 9.62. The first kappa shape index (κ1) is 50.6. The van der Waals surface area contributed by atoms with E-state index in [1.54, 1.807) is 0 Å².